The minimum Gasteiger partial charge on any atom is -0.243 e. The first-order valence-corrected chi connectivity index (χ1v) is 3.92. The molecule has 4 unspecified atom stereocenters. The molecular weight excluding hydrogens is 255 g/mol. The highest BCUT2D eigenvalue weighted by molar-refractivity contribution is 5.25. The summed E-state index contributed by atoms with van der Waals surface area (Å²) in [6.07, 6.45) is -19.4. The average molecular weight is 260 g/mol. The van der Waals surface area contributed by atoms with E-state index in [4.69, 9.17) is 0 Å². The smallest absolute Gasteiger partial charge is 0.243 e. The van der Waals surface area contributed by atoms with Gasteiger partial charge in [-0.15, -0.1) is 0 Å². The second kappa shape index (κ2) is 2.98. The highest BCUT2D eigenvalue weighted by atomic mass is 19.4. The lowest BCUT2D eigenvalue weighted by Gasteiger charge is -2.56. The van der Waals surface area contributed by atoms with Gasteiger partial charge in [-0.3, -0.25) is 0 Å². The molecule has 16 heavy (non-hydrogen) atoms. The molecule has 0 spiro atoms. The molecule has 1 saturated carbocycles. The van der Waals surface area contributed by atoms with Gasteiger partial charge in [0.25, 0.3) is 5.67 Å². The van der Waals surface area contributed by atoms with Crippen molar-refractivity contribution in [3.63, 3.8) is 0 Å². The third-order valence-corrected chi connectivity index (χ3v) is 2.95. The molecule has 1 aliphatic rings. The van der Waals surface area contributed by atoms with Gasteiger partial charge in [-0.1, -0.05) is 0 Å². The van der Waals surface area contributed by atoms with Gasteiger partial charge in [-0.2, -0.15) is 26.3 Å². The second-order valence-electron chi connectivity index (χ2n) is 3.71. The first kappa shape index (κ1) is 13.4. The lowest BCUT2D eigenvalue weighted by atomic mass is 9.55. The van der Waals surface area contributed by atoms with Gasteiger partial charge in [0.05, 0.1) is 0 Å². The first-order chi connectivity index (χ1) is 6.82. The molecule has 0 aromatic rings. The molecule has 0 bridgehead atoms. The fourth-order valence-corrected chi connectivity index (χ4v) is 1.70. The maximum atomic E-state index is 13.1. The van der Waals surface area contributed by atoms with E-state index in [1.54, 1.807) is 0 Å². The quantitative estimate of drug-likeness (QED) is 0.584. The molecule has 9 heteroatoms. The zero-order valence-electron chi connectivity index (χ0n) is 7.56. The van der Waals surface area contributed by atoms with Gasteiger partial charge in [-0.05, 0) is 6.92 Å². The molecule has 0 heterocycles. The Morgan fingerprint density at radius 2 is 1.19 bits per heavy atom. The number of hydrogen-bond donors (Lipinski definition) is 0. The van der Waals surface area contributed by atoms with Crippen LogP contribution >= 0.6 is 0 Å². The average Bonchev–Trinajstić information content (AvgIpc) is 2.09. The molecule has 1 rings (SSSR count). The van der Waals surface area contributed by atoms with E-state index >= 15 is 0 Å². The molecule has 0 saturated heterocycles. The van der Waals surface area contributed by atoms with Crippen molar-refractivity contribution in [2.75, 3.05) is 0 Å². The number of halogens is 9. The van der Waals surface area contributed by atoms with E-state index in [2.05, 4.69) is 0 Å². The maximum absolute atomic E-state index is 13.1. The Labute approximate surface area is 83.4 Å². The fourth-order valence-electron chi connectivity index (χ4n) is 1.70. The van der Waals surface area contributed by atoms with Crippen LogP contribution in [0.2, 0.25) is 0 Å². The van der Waals surface area contributed by atoms with Crippen LogP contribution in [0.1, 0.15) is 6.92 Å². The topological polar surface area (TPSA) is 0 Å². The van der Waals surface area contributed by atoms with Crippen LogP contribution in [0, 0.1) is 5.41 Å². The van der Waals surface area contributed by atoms with Crippen LogP contribution in [0.15, 0.2) is 0 Å². The summed E-state index contributed by atoms with van der Waals surface area (Å²) in [6.45, 7) is -0.318. The Balaban J connectivity index is 3.31. The number of alkyl halides is 9. The van der Waals surface area contributed by atoms with Crippen LogP contribution in [0.25, 0.3) is 0 Å². The van der Waals surface area contributed by atoms with Crippen LogP contribution in [-0.2, 0) is 0 Å². The molecule has 96 valence electrons. The lowest BCUT2D eigenvalue weighted by molar-refractivity contribution is -0.420. The predicted octanol–water partition coefficient (Wildman–Crippen LogP) is 3.52. The Kier molecular flexibility index (Phi) is 2.50. The van der Waals surface area contributed by atoms with E-state index in [0.29, 0.717) is 0 Å². The van der Waals surface area contributed by atoms with Gasteiger partial charge < -0.3 is 0 Å². The van der Waals surface area contributed by atoms with Crippen molar-refractivity contribution in [1.29, 1.82) is 0 Å². The SMILES string of the molecule is CC1(C(F)(F)F)C(F)C(F)C1(F)C(F)(F)F. The highest BCUT2D eigenvalue weighted by Crippen LogP contribution is 2.68. The van der Waals surface area contributed by atoms with Gasteiger partial charge >= 0.3 is 12.4 Å². The van der Waals surface area contributed by atoms with Gasteiger partial charge in [0.1, 0.15) is 5.41 Å². The maximum Gasteiger partial charge on any atom is 0.426 e. The Bertz CT molecular complexity index is 261. The van der Waals surface area contributed by atoms with Crippen molar-refractivity contribution in [2.24, 2.45) is 5.41 Å². The fraction of sp³-hybridized carbons (Fsp3) is 1.00. The van der Waals surface area contributed by atoms with Crippen molar-refractivity contribution in [2.45, 2.75) is 37.3 Å². The van der Waals surface area contributed by atoms with E-state index in [1.807, 2.05) is 0 Å². The van der Waals surface area contributed by atoms with Crippen LogP contribution < -0.4 is 0 Å². The third kappa shape index (κ3) is 1.14. The van der Waals surface area contributed by atoms with Crippen LogP contribution in [0.3, 0.4) is 0 Å². The molecule has 0 aliphatic heterocycles. The number of hydrogen-bond acceptors (Lipinski definition) is 0. The van der Waals surface area contributed by atoms with E-state index in [1.165, 1.54) is 0 Å². The Morgan fingerprint density at radius 1 is 0.812 bits per heavy atom. The predicted molar refractivity (Wildman–Crippen MR) is 33.8 cm³/mol. The van der Waals surface area contributed by atoms with Crippen LogP contribution in [-0.4, -0.2) is 30.4 Å². The first-order valence-electron chi connectivity index (χ1n) is 3.92. The van der Waals surface area contributed by atoms with Gasteiger partial charge in [0, 0.05) is 0 Å². The van der Waals surface area contributed by atoms with Gasteiger partial charge in [0.15, 0.2) is 12.3 Å². The summed E-state index contributed by atoms with van der Waals surface area (Å²) in [6, 6.07) is 0. The zero-order chi connectivity index (χ0) is 13.2. The van der Waals surface area contributed by atoms with Crippen LogP contribution in [0.4, 0.5) is 39.5 Å². The molecule has 0 N–H and O–H groups in total. The van der Waals surface area contributed by atoms with Crippen molar-refractivity contribution in [3.05, 3.63) is 0 Å². The van der Waals surface area contributed by atoms with Crippen molar-refractivity contribution < 1.29 is 39.5 Å². The summed E-state index contributed by atoms with van der Waals surface area (Å²) in [7, 11) is 0. The summed E-state index contributed by atoms with van der Waals surface area (Å²) < 4.78 is 111. The standard InChI is InChI=1S/C7H5F9/c1-4(6(11,12)13)2(8)3(9)5(4,10)7(14,15)16/h2-3H,1H3. The number of rotatable bonds is 0. The largest absolute Gasteiger partial charge is 0.426 e. The summed E-state index contributed by atoms with van der Waals surface area (Å²) in [5.74, 6) is 0. The summed E-state index contributed by atoms with van der Waals surface area (Å²) >= 11 is 0. The third-order valence-electron chi connectivity index (χ3n) is 2.95. The van der Waals surface area contributed by atoms with E-state index in [9.17, 15) is 39.5 Å². The van der Waals surface area contributed by atoms with E-state index in [-0.39, 0.29) is 6.92 Å². The summed E-state index contributed by atoms with van der Waals surface area (Å²) in [5.41, 5.74) is -9.64. The minimum absolute atomic E-state index is 0.318. The molecule has 1 fully saturated rings. The molecule has 0 aromatic heterocycles. The highest BCUT2D eigenvalue weighted by Gasteiger charge is 2.91. The zero-order valence-corrected chi connectivity index (χ0v) is 7.56. The lowest BCUT2D eigenvalue weighted by Crippen LogP contribution is -2.80. The summed E-state index contributed by atoms with van der Waals surface area (Å²) in [5, 5.41) is 0. The van der Waals surface area contributed by atoms with Crippen molar-refractivity contribution in [3.8, 4) is 0 Å². The summed E-state index contributed by atoms with van der Waals surface area (Å²) in [4.78, 5) is 0. The molecule has 0 amide bonds. The minimum atomic E-state index is -6.13. The molecule has 1 aliphatic carbocycles. The molecule has 0 aromatic carbocycles. The van der Waals surface area contributed by atoms with Crippen LogP contribution in [0.5, 0.6) is 0 Å². The van der Waals surface area contributed by atoms with Crippen molar-refractivity contribution >= 4 is 0 Å². The van der Waals surface area contributed by atoms with Gasteiger partial charge in [0.2, 0.25) is 0 Å². The molecular formula is C7H5F9. The molecule has 0 radical (unpaired) electrons. The van der Waals surface area contributed by atoms with Crippen molar-refractivity contribution in [1.82, 2.24) is 0 Å². The molecule has 0 nitrogen and oxygen atoms in total. The Morgan fingerprint density at radius 3 is 1.38 bits per heavy atom. The monoisotopic (exact) mass is 260 g/mol. The molecule has 4 atom stereocenters. The van der Waals surface area contributed by atoms with Gasteiger partial charge in [-0.25, -0.2) is 13.2 Å². The Hall–Kier alpha value is -0.630. The van der Waals surface area contributed by atoms with E-state index < -0.39 is 35.8 Å². The van der Waals surface area contributed by atoms with E-state index in [0.717, 1.165) is 0 Å². The normalized spacial score (nSPS) is 45.4. The second-order valence-corrected chi connectivity index (χ2v) is 3.71.